The Balaban J connectivity index is 1.65. The fourth-order valence-corrected chi connectivity index (χ4v) is 4.63. The van der Waals surface area contributed by atoms with E-state index >= 15 is 0 Å². The Bertz CT molecular complexity index is 1200. The van der Waals surface area contributed by atoms with Crippen molar-refractivity contribution in [2.45, 2.75) is 52.1 Å². The number of benzene rings is 1. The van der Waals surface area contributed by atoms with Crippen molar-refractivity contribution in [1.82, 2.24) is 20.1 Å². The molecule has 0 radical (unpaired) electrons. The van der Waals surface area contributed by atoms with Crippen LogP contribution < -0.4 is 10.2 Å². The summed E-state index contributed by atoms with van der Waals surface area (Å²) in [7, 11) is 4.33. The molecule has 2 aromatic heterocycles. The maximum Gasteiger partial charge on any atom is 0.157 e. The lowest BCUT2D eigenvalue weighted by Gasteiger charge is -2.44. The van der Waals surface area contributed by atoms with Gasteiger partial charge in [-0.2, -0.15) is 10.4 Å². The maximum absolute atomic E-state index is 9.40. The predicted molar refractivity (Wildman–Crippen MR) is 134 cm³/mol. The van der Waals surface area contributed by atoms with E-state index in [0.29, 0.717) is 5.56 Å². The first-order chi connectivity index (χ1) is 15.7. The number of rotatable bonds is 5. The molecule has 4 rings (SSSR count). The van der Waals surface area contributed by atoms with E-state index in [-0.39, 0.29) is 11.6 Å². The Morgan fingerprint density at radius 3 is 2.55 bits per heavy atom. The van der Waals surface area contributed by atoms with Crippen molar-refractivity contribution in [3.63, 3.8) is 0 Å². The largest absolute Gasteiger partial charge is 0.362 e. The average molecular weight is 444 g/mol. The molecular formula is C26H33N7. The second-order valence-electron chi connectivity index (χ2n) is 9.60. The minimum Gasteiger partial charge on any atom is -0.362 e. The molecule has 7 nitrogen and oxygen atoms in total. The van der Waals surface area contributed by atoms with Crippen molar-refractivity contribution in [2.75, 3.05) is 37.4 Å². The van der Waals surface area contributed by atoms with Gasteiger partial charge in [-0.05, 0) is 77.9 Å². The number of piperidine rings is 1. The van der Waals surface area contributed by atoms with Gasteiger partial charge in [0.1, 0.15) is 5.82 Å². The molecule has 1 fully saturated rings. The minimum atomic E-state index is -0.0223. The fraction of sp³-hybridized carbons (Fsp3) is 0.462. The minimum absolute atomic E-state index is 0.0223. The summed E-state index contributed by atoms with van der Waals surface area (Å²) in [5.41, 5.74) is 3.86. The summed E-state index contributed by atoms with van der Waals surface area (Å²) < 4.78 is 0. The number of aryl methyl sites for hydroxylation is 1. The lowest BCUT2D eigenvalue weighted by Crippen LogP contribution is -2.50. The summed E-state index contributed by atoms with van der Waals surface area (Å²) in [5, 5.41) is 23.8. The van der Waals surface area contributed by atoms with E-state index < -0.39 is 0 Å². The topological polar surface area (TPSA) is 81.0 Å². The SMILES string of the molecule is Cc1c(C#N)cccc1[C@@H](C)Nc1nnc(C)c2cnc(N3CCC(C)(N(C)C)CC3)cc12. The van der Waals surface area contributed by atoms with Crippen LogP contribution in [0.3, 0.4) is 0 Å². The Morgan fingerprint density at radius 2 is 1.88 bits per heavy atom. The second-order valence-corrected chi connectivity index (χ2v) is 9.60. The van der Waals surface area contributed by atoms with E-state index in [2.05, 4.69) is 71.5 Å². The van der Waals surface area contributed by atoms with Crippen LogP contribution in [0.25, 0.3) is 10.8 Å². The van der Waals surface area contributed by atoms with Gasteiger partial charge < -0.3 is 15.1 Å². The fourth-order valence-electron chi connectivity index (χ4n) is 4.63. The van der Waals surface area contributed by atoms with Gasteiger partial charge in [0.05, 0.1) is 23.4 Å². The quantitative estimate of drug-likeness (QED) is 0.617. The van der Waals surface area contributed by atoms with Gasteiger partial charge in [0.2, 0.25) is 0 Å². The van der Waals surface area contributed by atoms with Crippen LogP contribution in [-0.4, -0.2) is 52.8 Å². The van der Waals surface area contributed by atoms with Gasteiger partial charge in [0.25, 0.3) is 0 Å². The highest BCUT2D eigenvalue weighted by atomic mass is 15.2. The summed E-state index contributed by atoms with van der Waals surface area (Å²) in [6, 6.07) is 10.2. The molecule has 1 atom stereocenters. The normalized spacial score (nSPS) is 16.6. The zero-order valence-corrected chi connectivity index (χ0v) is 20.5. The highest BCUT2D eigenvalue weighted by Crippen LogP contribution is 2.33. The zero-order chi connectivity index (χ0) is 23.8. The van der Waals surface area contributed by atoms with E-state index in [1.54, 1.807) is 0 Å². The molecule has 0 amide bonds. The molecule has 1 aliphatic rings. The molecule has 172 valence electrons. The first-order valence-corrected chi connectivity index (χ1v) is 11.5. The third-order valence-electron chi connectivity index (χ3n) is 7.39. The van der Waals surface area contributed by atoms with Crippen molar-refractivity contribution < 1.29 is 0 Å². The number of anilines is 2. The average Bonchev–Trinajstić information content (AvgIpc) is 2.81. The third-order valence-corrected chi connectivity index (χ3v) is 7.39. The van der Waals surface area contributed by atoms with Crippen LogP contribution in [0.4, 0.5) is 11.6 Å². The lowest BCUT2D eigenvalue weighted by atomic mass is 9.88. The summed E-state index contributed by atoms with van der Waals surface area (Å²) in [6.45, 7) is 10.3. The van der Waals surface area contributed by atoms with E-state index in [9.17, 15) is 5.26 Å². The molecule has 1 aliphatic heterocycles. The number of nitrogens with zero attached hydrogens (tertiary/aromatic N) is 6. The molecule has 3 heterocycles. The van der Waals surface area contributed by atoms with Gasteiger partial charge in [-0.25, -0.2) is 4.98 Å². The van der Waals surface area contributed by atoms with Crippen molar-refractivity contribution >= 4 is 22.4 Å². The van der Waals surface area contributed by atoms with Crippen molar-refractivity contribution in [3.05, 3.63) is 52.8 Å². The molecule has 7 heteroatoms. The molecule has 0 aliphatic carbocycles. The van der Waals surface area contributed by atoms with Crippen LogP contribution in [-0.2, 0) is 0 Å². The monoisotopic (exact) mass is 443 g/mol. The second kappa shape index (κ2) is 8.95. The highest BCUT2D eigenvalue weighted by molar-refractivity contribution is 5.94. The van der Waals surface area contributed by atoms with Gasteiger partial charge in [-0.1, -0.05) is 12.1 Å². The van der Waals surface area contributed by atoms with Gasteiger partial charge >= 0.3 is 0 Å². The zero-order valence-electron chi connectivity index (χ0n) is 20.5. The van der Waals surface area contributed by atoms with Crippen LogP contribution in [0, 0.1) is 25.2 Å². The molecule has 0 spiro atoms. The molecule has 3 aromatic rings. The summed E-state index contributed by atoms with van der Waals surface area (Å²) in [5.74, 6) is 1.72. The van der Waals surface area contributed by atoms with Crippen molar-refractivity contribution in [2.24, 2.45) is 0 Å². The van der Waals surface area contributed by atoms with Gasteiger partial charge in [-0.15, -0.1) is 5.10 Å². The van der Waals surface area contributed by atoms with E-state index in [1.807, 2.05) is 32.2 Å². The molecule has 0 bridgehead atoms. The van der Waals surface area contributed by atoms with E-state index in [4.69, 9.17) is 4.98 Å². The van der Waals surface area contributed by atoms with Crippen LogP contribution in [0.1, 0.15) is 55.1 Å². The third kappa shape index (κ3) is 4.36. The van der Waals surface area contributed by atoms with Crippen LogP contribution in [0.5, 0.6) is 0 Å². The molecule has 33 heavy (non-hydrogen) atoms. The maximum atomic E-state index is 9.40. The molecule has 0 saturated carbocycles. The molecule has 1 aromatic carbocycles. The number of nitrogens with one attached hydrogen (secondary N) is 1. The Morgan fingerprint density at radius 1 is 1.15 bits per heavy atom. The molecule has 1 saturated heterocycles. The van der Waals surface area contributed by atoms with E-state index in [1.165, 1.54) is 0 Å². The Kier molecular flexibility index (Phi) is 6.22. The predicted octanol–water partition coefficient (Wildman–Crippen LogP) is 4.61. The summed E-state index contributed by atoms with van der Waals surface area (Å²) >= 11 is 0. The van der Waals surface area contributed by atoms with Crippen LogP contribution >= 0.6 is 0 Å². The molecule has 0 unspecified atom stereocenters. The number of fused-ring (bicyclic) bond motifs is 1. The number of hydrogen-bond donors (Lipinski definition) is 1. The number of aromatic nitrogens is 3. The Hall–Kier alpha value is -3.24. The first kappa shape index (κ1) is 22.9. The van der Waals surface area contributed by atoms with Gasteiger partial charge in [0, 0.05) is 35.6 Å². The van der Waals surface area contributed by atoms with E-state index in [0.717, 1.165) is 65.2 Å². The standard InChI is InChI=1S/C26H33N7/c1-17-20(15-27)8-7-9-21(17)18(2)29-25-22-14-24(28-16-23(22)19(3)30-31-25)33-12-10-26(4,11-13-33)32(5)6/h7-9,14,16,18H,10-13H2,1-6H3,(H,29,31)/t18-/m1/s1. The summed E-state index contributed by atoms with van der Waals surface area (Å²) in [4.78, 5) is 9.49. The molecular weight excluding hydrogens is 410 g/mol. The van der Waals surface area contributed by atoms with Gasteiger partial charge in [0.15, 0.2) is 5.82 Å². The number of pyridine rings is 1. The first-order valence-electron chi connectivity index (χ1n) is 11.5. The van der Waals surface area contributed by atoms with Crippen molar-refractivity contribution in [3.8, 4) is 6.07 Å². The van der Waals surface area contributed by atoms with Crippen LogP contribution in [0.2, 0.25) is 0 Å². The summed E-state index contributed by atoms with van der Waals surface area (Å²) in [6.07, 6.45) is 4.12. The number of hydrogen-bond acceptors (Lipinski definition) is 7. The van der Waals surface area contributed by atoms with Crippen molar-refractivity contribution in [1.29, 1.82) is 5.26 Å². The lowest BCUT2D eigenvalue weighted by molar-refractivity contribution is 0.137. The number of nitriles is 1. The van der Waals surface area contributed by atoms with Crippen LogP contribution in [0.15, 0.2) is 30.5 Å². The highest BCUT2D eigenvalue weighted by Gasteiger charge is 2.32. The Labute approximate surface area is 196 Å². The smallest absolute Gasteiger partial charge is 0.157 e. The molecule has 1 N–H and O–H groups in total. The van der Waals surface area contributed by atoms with Gasteiger partial charge in [-0.3, -0.25) is 0 Å².